The maximum atomic E-state index is 13.2. The van der Waals surface area contributed by atoms with E-state index in [0.29, 0.717) is 13.2 Å². The zero-order valence-electron chi connectivity index (χ0n) is 21.1. The van der Waals surface area contributed by atoms with Crippen LogP contribution in [0.1, 0.15) is 58.8 Å². The van der Waals surface area contributed by atoms with E-state index in [0.717, 1.165) is 22.6 Å². The van der Waals surface area contributed by atoms with Crippen molar-refractivity contribution in [2.75, 3.05) is 13.2 Å². The Morgan fingerprint density at radius 2 is 1.84 bits per heavy atom. The summed E-state index contributed by atoms with van der Waals surface area (Å²) >= 11 is 3.61. The third-order valence-electron chi connectivity index (χ3n) is 5.83. The number of hydrogen-bond donors (Lipinski definition) is 0. The molecule has 7 heteroatoms. The molecule has 1 atom stereocenters. The third-order valence-corrected chi connectivity index (χ3v) is 9.18. The van der Waals surface area contributed by atoms with Crippen molar-refractivity contribution in [1.29, 1.82) is 0 Å². The molecular formula is C25H39BrN2O3Si. The smallest absolute Gasteiger partial charge is 0.410 e. The number of ether oxygens (including phenoxy) is 1. The summed E-state index contributed by atoms with van der Waals surface area (Å²) in [4.78, 5) is 15.1. The molecule has 0 saturated carbocycles. The van der Waals surface area contributed by atoms with E-state index in [1.807, 2.05) is 25.7 Å². The van der Waals surface area contributed by atoms with Gasteiger partial charge in [-0.1, -0.05) is 42.8 Å². The van der Waals surface area contributed by atoms with Crippen LogP contribution >= 0.6 is 15.9 Å². The van der Waals surface area contributed by atoms with Crippen LogP contribution < -0.4 is 0 Å². The minimum atomic E-state index is -1.92. The van der Waals surface area contributed by atoms with Crippen molar-refractivity contribution in [2.45, 2.75) is 78.7 Å². The molecule has 0 fully saturated rings. The quantitative estimate of drug-likeness (QED) is 0.404. The van der Waals surface area contributed by atoms with Crippen molar-refractivity contribution in [3.05, 3.63) is 33.9 Å². The molecule has 0 aliphatic carbocycles. The normalized spacial score (nSPS) is 17.6. The molecule has 2 aromatic rings. The van der Waals surface area contributed by atoms with E-state index in [2.05, 4.69) is 79.6 Å². The first-order chi connectivity index (χ1) is 14.6. The molecule has 0 bridgehead atoms. The zero-order valence-corrected chi connectivity index (χ0v) is 23.7. The van der Waals surface area contributed by atoms with E-state index < -0.39 is 13.9 Å². The highest BCUT2D eigenvalue weighted by Crippen LogP contribution is 2.39. The maximum absolute atomic E-state index is 13.2. The van der Waals surface area contributed by atoms with Gasteiger partial charge < -0.3 is 13.7 Å². The summed E-state index contributed by atoms with van der Waals surface area (Å²) in [6.45, 7) is 18.2. The van der Waals surface area contributed by atoms with Gasteiger partial charge in [-0.05, 0) is 69.4 Å². The van der Waals surface area contributed by atoms with Crippen LogP contribution in [-0.2, 0) is 22.6 Å². The minimum absolute atomic E-state index is 0.170. The van der Waals surface area contributed by atoms with Crippen molar-refractivity contribution in [3.8, 4) is 0 Å². The highest BCUT2D eigenvalue weighted by atomic mass is 79.9. The Balaban J connectivity index is 2.01. The topological polar surface area (TPSA) is 43.7 Å². The first-order valence-corrected chi connectivity index (χ1v) is 15.4. The predicted molar refractivity (Wildman–Crippen MR) is 138 cm³/mol. The Hall–Kier alpha value is -1.31. The summed E-state index contributed by atoms with van der Waals surface area (Å²) in [6.07, 6.45) is 0.547. The number of amides is 1. The number of carbonyl (C=O) groups excluding carboxylic acids is 1. The van der Waals surface area contributed by atoms with Gasteiger partial charge in [0.05, 0.1) is 12.6 Å². The highest BCUT2D eigenvalue weighted by molar-refractivity contribution is 9.10. The molecule has 2 heterocycles. The largest absolute Gasteiger partial charge is 0.444 e. The van der Waals surface area contributed by atoms with Crippen LogP contribution in [0, 0.1) is 5.41 Å². The summed E-state index contributed by atoms with van der Waals surface area (Å²) < 4.78 is 15.7. The maximum Gasteiger partial charge on any atom is 0.410 e. The molecule has 3 rings (SSSR count). The number of aromatic nitrogens is 1. The van der Waals surface area contributed by atoms with Crippen LogP contribution in [-0.4, -0.2) is 42.6 Å². The minimum Gasteiger partial charge on any atom is -0.444 e. The number of rotatable bonds is 4. The molecule has 1 aliphatic heterocycles. The Bertz CT molecular complexity index is 1000. The molecule has 0 spiro atoms. The second-order valence-electron chi connectivity index (χ2n) is 11.8. The second-order valence-corrected chi connectivity index (χ2v) is 16.9. The number of hydrogen-bond acceptors (Lipinski definition) is 3. The van der Waals surface area contributed by atoms with E-state index in [1.54, 1.807) is 0 Å². The van der Waals surface area contributed by atoms with Gasteiger partial charge in [-0.3, -0.25) is 4.90 Å². The van der Waals surface area contributed by atoms with Crippen LogP contribution in [0.3, 0.4) is 0 Å². The number of benzene rings is 1. The number of nitrogens with zero attached hydrogens (tertiary/aromatic N) is 2. The summed E-state index contributed by atoms with van der Waals surface area (Å²) in [5.74, 6) is 0. The first kappa shape index (κ1) is 25.3. The Labute approximate surface area is 202 Å². The molecule has 178 valence electrons. The second kappa shape index (κ2) is 8.80. The van der Waals surface area contributed by atoms with Crippen LogP contribution in [0.15, 0.2) is 22.7 Å². The lowest BCUT2D eigenvalue weighted by Crippen LogP contribution is -2.47. The van der Waals surface area contributed by atoms with Crippen molar-refractivity contribution < 1.29 is 14.0 Å². The van der Waals surface area contributed by atoms with Gasteiger partial charge in [0.1, 0.15) is 5.60 Å². The van der Waals surface area contributed by atoms with Crippen LogP contribution in [0.2, 0.25) is 19.1 Å². The fourth-order valence-electron chi connectivity index (χ4n) is 5.07. The van der Waals surface area contributed by atoms with Gasteiger partial charge >= 0.3 is 6.09 Å². The van der Waals surface area contributed by atoms with Gasteiger partial charge in [-0.25, -0.2) is 4.79 Å². The van der Waals surface area contributed by atoms with Gasteiger partial charge in [0.25, 0.3) is 0 Å². The molecule has 5 nitrogen and oxygen atoms in total. The molecule has 1 aliphatic rings. The summed E-state index contributed by atoms with van der Waals surface area (Å²) in [5.41, 5.74) is 3.33. The van der Waals surface area contributed by atoms with Gasteiger partial charge in [-0.2, -0.15) is 0 Å². The Kier molecular flexibility index (Phi) is 6.96. The van der Waals surface area contributed by atoms with Gasteiger partial charge in [0.15, 0.2) is 8.32 Å². The number of halogens is 1. The fourth-order valence-corrected chi connectivity index (χ4v) is 8.69. The average molecular weight is 524 g/mol. The molecule has 0 saturated heterocycles. The van der Waals surface area contributed by atoms with E-state index in [1.165, 1.54) is 16.5 Å². The molecular weight excluding hydrogens is 484 g/mol. The molecule has 0 N–H and O–H groups in total. The molecule has 1 amide bonds. The average Bonchev–Trinajstić information content (AvgIpc) is 2.88. The Morgan fingerprint density at radius 3 is 2.44 bits per heavy atom. The van der Waals surface area contributed by atoms with Gasteiger partial charge in [-0.15, -0.1) is 0 Å². The van der Waals surface area contributed by atoms with Gasteiger partial charge in [0, 0.05) is 34.7 Å². The molecule has 0 radical (unpaired) electrons. The number of aryl methyl sites for hydroxylation is 1. The molecule has 1 unspecified atom stereocenters. The van der Waals surface area contributed by atoms with Crippen molar-refractivity contribution in [2.24, 2.45) is 12.5 Å². The SMILES string of the molecule is Cn1c2c(c3ccc(Br)cc31)CCN(C(=O)OC(C)(C)C)C2CO[Si](C)(C)CC(C)(C)C. The third kappa shape index (κ3) is 5.78. The van der Waals surface area contributed by atoms with Crippen molar-refractivity contribution in [1.82, 2.24) is 9.47 Å². The molecule has 32 heavy (non-hydrogen) atoms. The standard InChI is InChI=1S/C25H39BrN2O3Si/c1-24(2,3)16-32(8,9)30-15-21-22-19(12-13-28(21)23(29)31-25(4,5)6)18-11-10-17(26)14-20(18)27(22)7/h10-11,14,21H,12-13,15-16H2,1-9H3. The Morgan fingerprint density at radius 1 is 1.19 bits per heavy atom. The summed E-state index contributed by atoms with van der Waals surface area (Å²) in [7, 11) is 0.178. The zero-order chi connectivity index (χ0) is 24.1. The number of carbonyl (C=O) groups is 1. The monoisotopic (exact) mass is 522 g/mol. The lowest BCUT2D eigenvalue weighted by atomic mass is 9.98. The summed E-state index contributed by atoms with van der Waals surface area (Å²) in [5, 5.41) is 1.26. The predicted octanol–water partition coefficient (Wildman–Crippen LogP) is 7.04. The van der Waals surface area contributed by atoms with Crippen molar-refractivity contribution >= 4 is 41.2 Å². The van der Waals surface area contributed by atoms with Crippen LogP contribution in [0.5, 0.6) is 0 Å². The van der Waals surface area contributed by atoms with Crippen molar-refractivity contribution in [3.63, 3.8) is 0 Å². The van der Waals surface area contributed by atoms with Crippen LogP contribution in [0.4, 0.5) is 4.79 Å². The summed E-state index contributed by atoms with van der Waals surface area (Å²) in [6, 6.07) is 7.32. The highest BCUT2D eigenvalue weighted by Gasteiger charge is 2.39. The van der Waals surface area contributed by atoms with Gasteiger partial charge in [0.2, 0.25) is 0 Å². The molecule has 1 aromatic carbocycles. The lowest BCUT2D eigenvalue weighted by molar-refractivity contribution is 0.00697. The van der Waals surface area contributed by atoms with E-state index in [9.17, 15) is 4.79 Å². The van der Waals surface area contributed by atoms with E-state index in [4.69, 9.17) is 9.16 Å². The number of fused-ring (bicyclic) bond motifs is 3. The van der Waals surface area contributed by atoms with E-state index >= 15 is 0 Å². The molecule has 1 aromatic heterocycles. The lowest BCUT2D eigenvalue weighted by Gasteiger charge is -2.39. The first-order valence-electron chi connectivity index (χ1n) is 11.5. The fraction of sp³-hybridized carbons (Fsp3) is 0.640. The van der Waals surface area contributed by atoms with E-state index in [-0.39, 0.29) is 17.6 Å². The van der Waals surface area contributed by atoms with Crippen LogP contribution in [0.25, 0.3) is 10.9 Å².